The number of nitrogens with zero attached hydrogens (tertiary/aromatic N) is 2. The first-order chi connectivity index (χ1) is 6.97. The molecule has 0 aliphatic carbocycles. The van der Waals surface area contributed by atoms with Gasteiger partial charge in [0.05, 0.1) is 5.33 Å². The fourth-order valence-electron chi connectivity index (χ4n) is 1.12. The zero-order valence-electron chi connectivity index (χ0n) is 7.71. The molecule has 82 valence electrons. The molecule has 1 aromatic rings. The van der Waals surface area contributed by atoms with Crippen LogP contribution in [0.1, 0.15) is 23.2 Å². The molecule has 0 saturated heterocycles. The summed E-state index contributed by atoms with van der Waals surface area (Å²) in [7, 11) is 0. The van der Waals surface area contributed by atoms with Crippen molar-refractivity contribution in [2.45, 2.75) is 18.7 Å². The van der Waals surface area contributed by atoms with Gasteiger partial charge in [0.15, 0.2) is 5.69 Å². The van der Waals surface area contributed by atoms with Crippen molar-refractivity contribution >= 4 is 21.7 Å². The van der Waals surface area contributed by atoms with Gasteiger partial charge in [-0.15, -0.1) is 0 Å². The fourth-order valence-corrected chi connectivity index (χ4v) is 1.66. The van der Waals surface area contributed by atoms with Crippen molar-refractivity contribution < 1.29 is 13.7 Å². The summed E-state index contributed by atoms with van der Waals surface area (Å²) in [4.78, 5) is 13.3. The van der Waals surface area contributed by atoms with Gasteiger partial charge >= 0.3 is 5.82 Å². The molecule has 0 N–H and O–H groups in total. The van der Waals surface area contributed by atoms with Crippen molar-refractivity contribution in [1.29, 1.82) is 0 Å². The van der Waals surface area contributed by atoms with Crippen LogP contribution in [0.3, 0.4) is 0 Å². The summed E-state index contributed by atoms with van der Waals surface area (Å²) < 4.78 is 25.0. The lowest BCUT2D eigenvalue weighted by Gasteiger charge is -2.05. The minimum atomic E-state index is -2.73. The van der Waals surface area contributed by atoms with Crippen molar-refractivity contribution in [2.75, 3.05) is 0 Å². The second-order valence-electron chi connectivity index (χ2n) is 2.83. The number of hydrogen-bond donors (Lipinski definition) is 0. The highest BCUT2D eigenvalue weighted by Crippen LogP contribution is 2.28. The van der Waals surface area contributed by atoms with Crippen LogP contribution in [-0.2, 0) is 5.33 Å². The average Bonchev–Trinajstić information content (AvgIpc) is 2.17. The molecule has 0 aromatic carbocycles. The third-order valence-corrected chi connectivity index (χ3v) is 2.48. The first-order valence-electron chi connectivity index (χ1n) is 3.96. The zero-order chi connectivity index (χ0) is 11.6. The Morgan fingerprint density at radius 2 is 2.27 bits per heavy atom. The van der Waals surface area contributed by atoms with Crippen molar-refractivity contribution in [1.82, 2.24) is 4.98 Å². The Hall–Kier alpha value is -1.11. The van der Waals surface area contributed by atoms with E-state index in [1.807, 2.05) is 0 Å². The molecule has 1 aromatic heterocycles. The van der Waals surface area contributed by atoms with Crippen LogP contribution in [0.25, 0.3) is 0 Å². The Bertz CT molecular complexity index is 398. The molecule has 0 saturated carbocycles. The number of alkyl halides is 3. The molecule has 0 amide bonds. The van der Waals surface area contributed by atoms with E-state index < -0.39 is 17.2 Å². The summed E-state index contributed by atoms with van der Waals surface area (Å²) in [6.45, 7) is 1.47. The molecule has 1 heterocycles. The summed E-state index contributed by atoms with van der Waals surface area (Å²) in [6, 6.07) is 0.812. The van der Waals surface area contributed by atoms with Crippen LogP contribution < -0.4 is 0 Å². The van der Waals surface area contributed by atoms with Crippen LogP contribution in [0.4, 0.5) is 14.6 Å². The monoisotopic (exact) mass is 280 g/mol. The van der Waals surface area contributed by atoms with Crippen molar-refractivity contribution in [2.24, 2.45) is 0 Å². The van der Waals surface area contributed by atoms with E-state index in [4.69, 9.17) is 0 Å². The van der Waals surface area contributed by atoms with Gasteiger partial charge in [0, 0.05) is 17.2 Å². The number of nitro groups is 1. The van der Waals surface area contributed by atoms with Crippen molar-refractivity contribution in [3.63, 3.8) is 0 Å². The summed E-state index contributed by atoms with van der Waals surface area (Å²) in [5, 5.41) is 10.6. The van der Waals surface area contributed by atoms with Crippen molar-refractivity contribution in [3.05, 3.63) is 33.0 Å². The zero-order valence-corrected chi connectivity index (χ0v) is 9.29. The van der Waals surface area contributed by atoms with Crippen LogP contribution >= 0.6 is 15.9 Å². The van der Waals surface area contributed by atoms with Gasteiger partial charge in [-0.1, -0.05) is 15.9 Å². The van der Waals surface area contributed by atoms with E-state index in [0.29, 0.717) is 0 Å². The number of halogens is 3. The highest BCUT2D eigenvalue weighted by atomic mass is 79.9. The maximum atomic E-state index is 12.5. The lowest BCUT2D eigenvalue weighted by molar-refractivity contribution is -0.389. The van der Waals surface area contributed by atoms with Gasteiger partial charge in [-0.2, -0.15) is 0 Å². The fraction of sp³-hybridized carbons (Fsp3) is 0.375. The predicted octanol–water partition coefficient (Wildman–Crippen LogP) is 3.13. The second-order valence-corrected chi connectivity index (χ2v) is 3.39. The first kappa shape index (κ1) is 12.0. The largest absolute Gasteiger partial charge is 0.364 e. The Balaban J connectivity index is 3.38. The molecular formula is C8H7BrF2N2O2. The molecule has 0 aliphatic rings. The smallest absolute Gasteiger partial charge is 0.358 e. The number of rotatable bonds is 3. The Morgan fingerprint density at radius 1 is 1.67 bits per heavy atom. The van der Waals surface area contributed by atoms with Crippen LogP contribution in [-0.4, -0.2) is 9.91 Å². The van der Waals surface area contributed by atoms with Crippen LogP contribution in [0.15, 0.2) is 6.07 Å². The molecular weight excluding hydrogens is 274 g/mol. The van der Waals surface area contributed by atoms with E-state index in [2.05, 4.69) is 20.9 Å². The molecule has 4 nitrogen and oxygen atoms in total. The van der Waals surface area contributed by atoms with Gasteiger partial charge in [-0.3, -0.25) is 0 Å². The minimum Gasteiger partial charge on any atom is -0.358 e. The molecule has 0 aliphatic heterocycles. The Morgan fingerprint density at radius 3 is 2.67 bits per heavy atom. The van der Waals surface area contributed by atoms with Gasteiger partial charge in [0.1, 0.15) is 0 Å². The summed E-state index contributed by atoms with van der Waals surface area (Å²) >= 11 is 3.04. The van der Waals surface area contributed by atoms with Gasteiger partial charge in [-0.25, -0.2) is 8.78 Å². The van der Waals surface area contributed by atoms with Crippen LogP contribution in [0, 0.1) is 17.0 Å². The standard InChI is InChI=1S/C8H7BrF2N2O2/c1-4-5(8(10)11)2-7(13(14)15)12-6(4)3-9/h2,8H,3H2,1H3. The van der Waals surface area contributed by atoms with Crippen LogP contribution in [0.2, 0.25) is 0 Å². The van der Waals surface area contributed by atoms with E-state index in [0.717, 1.165) is 6.07 Å². The highest BCUT2D eigenvalue weighted by molar-refractivity contribution is 9.08. The molecule has 0 radical (unpaired) electrons. The molecule has 7 heteroatoms. The van der Waals surface area contributed by atoms with Gasteiger partial charge in [0.25, 0.3) is 6.43 Å². The average molecular weight is 281 g/mol. The molecule has 0 atom stereocenters. The van der Waals surface area contributed by atoms with Crippen LogP contribution in [0.5, 0.6) is 0 Å². The van der Waals surface area contributed by atoms with E-state index in [9.17, 15) is 18.9 Å². The number of pyridine rings is 1. The number of aromatic nitrogens is 1. The predicted molar refractivity (Wildman–Crippen MR) is 53.2 cm³/mol. The first-order valence-corrected chi connectivity index (χ1v) is 5.08. The molecule has 15 heavy (non-hydrogen) atoms. The Kier molecular flexibility index (Phi) is 3.67. The quantitative estimate of drug-likeness (QED) is 0.486. The molecule has 0 unspecified atom stereocenters. The maximum absolute atomic E-state index is 12.5. The summed E-state index contributed by atoms with van der Waals surface area (Å²) in [5.74, 6) is -0.551. The van der Waals surface area contributed by atoms with E-state index in [1.165, 1.54) is 6.92 Å². The molecule has 0 bridgehead atoms. The third kappa shape index (κ3) is 2.47. The maximum Gasteiger partial charge on any atom is 0.364 e. The third-order valence-electron chi connectivity index (χ3n) is 1.95. The summed E-state index contributed by atoms with van der Waals surface area (Å²) in [5.41, 5.74) is 0.207. The minimum absolute atomic E-state index is 0.209. The highest BCUT2D eigenvalue weighted by Gasteiger charge is 2.22. The van der Waals surface area contributed by atoms with Gasteiger partial charge < -0.3 is 10.1 Å². The number of hydrogen-bond acceptors (Lipinski definition) is 3. The van der Waals surface area contributed by atoms with Gasteiger partial charge in [-0.05, 0) is 16.8 Å². The topological polar surface area (TPSA) is 56.0 Å². The molecule has 0 spiro atoms. The summed E-state index contributed by atoms with van der Waals surface area (Å²) in [6.07, 6.45) is -2.73. The normalized spacial score (nSPS) is 10.7. The van der Waals surface area contributed by atoms with Gasteiger partial charge in [0.2, 0.25) is 0 Å². The lowest BCUT2D eigenvalue weighted by Crippen LogP contribution is -2.02. The van der Waals surface area contributed by atoms with E-state index in [-0.39, 0.29) is 22.2 Å². The SMILES string of the molecule is Cc1c(C(F)F)cc([N+](=O)[O-])nc1CBr. The Labute approximate surface area is 92.6 Å². The van der Waals surface area contributed by atoms with Crippen molar-refractivity contribution in [3.8, 4) is 0 Å². The van der Waals surface area contributed by atoms with E-state index >= 15 is 0 Å². The second kappa shape index (κ2) is 4.61. The lowest BCUT2D eigenvalue weighted by atomic mass is 10.1. The van der Waals surface area contributed by atoms with E-state index in [1.54, 1.807) is 0 Å². The molecule has 1 rings (SSSR count). The molecule has 0 fully saturated rings.